The van der Waals surface area contributed by atoms with E-state index in [2.05, 4.69) is 5.32 Å². The Morgan fingerprint density at radius 1 is 1.10 bits per heavy atom. The second-order valence-electron chi connectivity index (χ2n) is 6.78. The van der Waals surface area contributed by atoms with Crippen LogP contribution in [0.1, 0.15) is 32.4 Å². The minimum absolute atomic E-state index is 0.0104. The van der Waals surface area contributed by atoms with Gasteiger partial charge < -0.3 is 15.0 Å². The van der Waals surface area contributed by atoms with Gasteiger partial charge in [-0.15, -0.1) is 0 Å². The highest BCUT2D eigenvalue weighted by Crippen LogP contribution is 2.38. The highest BCUT2D eigenvalue weighted by molar-refractivity contribution is 7.80. The van der Waals surface area contributed by atoms with Crippen molar-refractivity contribution in [1.29, 1.82) is 0 Å². The Morgan fingerprint density at radius 3 is 2.34 bits per heavy atom. The van der Waals surface area contributed by atoms with Crippen molar-refractivity contribution < 1.29 is 9.53 Å². The van der Waals surface area contributed by atoms with Gasteiger partial charge in [-0.05, 0) is 50.7 Å². The number of hydrogen-bond acceptors (Lipinski definition) is 3. The second-order valence-corrected chi connectivity index (χ2v) is 7.16. The molecule has 0 fully saturated rings. The van der Waals surface area contributed by atoms with Crippen LogP contribution in [0.4, 0.5) is 5.69 Å². The highest BCUT2D eigenvalue weighted by atomic mass is 32.1. The zero-order valence-electron chi connectivity index (χ0n) is 17.3. The SMILES string of the molecule is CCN(CC)C(=O)C1=C(C)N(c2ccccc2OC)C(=S)N[C@@H]1c1ccccc1. The predicted octanol–water partition coefficient (Wildman–Crippen LogP) is 4.27. The molecule has 0 radical (unpaired) electrons. The number of anilines is 1. The summed E-state index contributed by atoms with van der Waals surface area (Å²) < 4.78 is 5.55. The molecule has 0 unspecified atom stereocenters. The molecule has 0 spiro atoms. The summed E-state index contributed by atoms with van der Waals surface area (Å²) in [4.78, 5) is 17.3. The van der Waals surface area contributed by atoms with E-state index in [0.717, 1.165) is 16.9 Å². The Labute approximate surface area is 178 Å². The number of benzene rings is 2. The molecule has 0 bridgehead atoms. The van der Waals surface area contributed by atoms with Crippen molar-refractivity contribution in [1.82, 2.24) is 10.2 Å². The van der Waals surface area contributed by atoms with E-state index in [0.29, 0.717) is 29.5 Å². The third-order valence-electron chi connectivity index (χ3n) is 5.22. The fourth-order valence-corrected chi connectivity index (χ4v) is 4.05. The lowest BCUT2D eigenvalue weighted by molar-refractivity contribution is -0.127. The van der Waals surface area contributed by atoms with Crippen molar-refractivity contribution in [3.05, 3.63) is 71.4 Å². The maximum absolute atomic E-state index is 13.5. The average molecular weight is 410 g/mol. The maximum Gasteiger partial charge on any atom is 0.253 e. The fraction of sp³-hybridized carbons (Fsp3) is 0.304. The first-order chi connectivity index (χ1) is 14.0. The topological polar surface area (TPSA) is 44.8 Å². The molecule has 2 aromatic rings. The van der Waals surface area contributed by atoms with Crippen molar-refractivity contribution in [3.63, 3.8) is 0 Å². The van der Waals surface area contributed by atoms with E-state index in [1.807, 2.05) is 85.2 Å². The van der Waals surface area contributed by atoms with Crippen LogP contribution in [0.2, 0.25) is 0 Å². The molecule has 1 N–H and O–H groups in total. The molecule has 0 aromatic heterocycles. The van der Waals surface area contributed by atoms with Crippen molar-refractivity contribution in [3.8, 4) is 5.75 Å². The van der Waals surface area contributed by atoms with Crippen LogP contribution >= 0.6 is 12.2 Å². The number of methoxy groups -OCH3 is 1. The monoisotopic (exact) mass is 409 g/mol. The fourth-order valence-electron chi connectivity index (χ4n) is 3.70. The Bertz CT molecular complexity index is 923. The number of carbonyl (C=O) groups excluding carboxylic acids is 1. The number of likely N-dealkylation sites (N-methyl/N-ethyl adjacent to an activating group) is 1. The van der Waals surface area contributed by atoms with Crippen LogP contribution in [0.25, 0.3) is 0 Å². The summed E-state index contributed by atoms with van der Waals surface area (Å²) in [6.07, 6.45) is 0. The van der Waals surface area contributed by atoms with E-state index in [4.69, 9.17) is 17.0 Å². The minimum atomic E-state index is -0.303. The molecule has 0 saturated heterocycles. The first kappa shape index (κ1) is 20.9. The normalized spacial score (nSPS) is 16.5. The van der Waals surface area contributed by atoms with E-state index < -0.39 is 0 Å². The summed E-state index contributed by atoms with van der Waals surface area (Å²) in [5, 5.41) is 3.93. The van der Waals surface area contributed by atoms with E-state index >= 15 is 0 Å². The summed E-state index contributed by atoms with van der Waals surface area (Å²) in [6, 6.07) is 17.3. The van der Waals surface area contributed by atoms with E-state index in [9.17, 15) is 4.79 Å². The summed E-state index contributed by atoms with van der Waals surface area (Å²) in [7, 11) is 1.63. The van der Waals surface area contributed by atoms with Gasteiger partial charge in [0.2, 0.25) is 0 Å². The molecule has 1 aliphatic rings. The number of para-hydroxylation sites is 2. The Kier molecular flexibility index (Phi) is 6.54. The van der Waals surface area contributed by atoms with Crippen LogP contribution in [0.5, 0.6) is 5.75 Å². The third kappa shape index (κ3) is 3.98. The lowest BCUT2D eigenvalue weighted by Gasteiger charge is -2.39. The van der Waals surface area contributed by atoms with Crippen LogP contribution in [-0.4, -0.2) is 36.1 Å². The van der Waals surface area contributed by atoms with E-state index in [-0.39, 0.29) is 11.9 Å². The molecule has 6 heteroatoms. The maximum atomic E-state index is 13.5. The van der Waals surface area contributed by atoms with Crippen LogP contribution in [-0.2, 0) is 4.79 Å². The minimum Gasteiger partial charge on any atom is -0.495 e. The number of hydrogen-bond donors (Lipinski definition) is 1. The number of nitrogens with one attached hydrogen (secondary N) is 1. The number of ether oxygens (including phenoxy) is 1. The Balaban J connectivity index is 2.19. The molecule has 0 aliphatic carbocycles. The van der Waals surface area contributed by atoms with Crippen molar-refractivity contribution in [2.24, 2.45) is 0 Å². The van der Waals surface area contributed by atoms with Gasteiger partial charge in [-0.3, -0.25) is 9.69 Å². The molecule has 0 saturated carbocycles. The largest absolute Gasteiger partial charge is 0.495 e. The number of nitrogens with zero attached hydrogens (tertiary/aromatic N) is 2. The smallest absolute Gasteiger partial charge is 0.253 e. The number of allylic oxidation sites excluding steroid dienone is 1. The van der Waals surface area contributed by atoms with Crippen LogP contribution in [0, 0.1) is 0 Å². The third-order valence-corrected chi connectivity index (χ3v) is 5.53. The first-order valence-corrected chi connectivity index (χ1v) is 10.2. The lowest BCUT2D eigenvalue weighted by Crippen LogP contribution is -2.50. The summed E-state index contributed by atoms with van der Waals surface area (Å²) in [5.41, 5.74) is 3.31. The quantitative estimate of drug-likeness (QED) is 0.722. The van der Waals surface area contributed by atoms with Crippen LogP contribution in [0.3, 0.4) is 0 Å². The van der Waals surface area contributed by atoms with Crippen molar-refractivity contribution in [2.75, 3.05) is 25.1 Å². The van der Waals surface area contributed by atoms with E-state index in [1.54, 1.807) is 7.11 Å². The molecule has 1 heterocycles. The first-order valence-electron chi connectivity index (χ1n) is 9.82. The number of carbonyl (C=O) groups is 1. The van der Waals surface area contributed by atoms with Gasteiger partial charge >= 0.3 is 0 Å². The molecule has 5 nitrogen and oxygen atoms in total. The van der Waals surface area contributed by atoms with Gasteiger partial charge in [0.25, 0.3) is 5.91 Å². The zero-order valence-corrected chi connectivity index (χ0v) is 18.1. The standard InChI is InChI=1S/C23H27N3O2S/c1-5-25(6-2)22(27)20-16(3)26(18-14-10-11-15-19(18)28-4)23(29)24-21(20)17-12-8-7-9-13-17/h7-15,21H,5-6H2,1-4H3,(H,24,29)/t21-/m1/s1. The summed E-state index contributed by atoms with van der Waals surface area (Å²) in [5.74, 6) is 0.708. The molecular weight excluding hydrogens is 382 g/mol. The lowest BCUT2D eigenvalue weighted by atomic mass is 9.93. The van der Waals surface area contributed by atoms with E-state index in [1.165, 1.54) is 0 Å². The van der Waals surface area contributed by atoms with Gasteiger partial charge in [0.1, 0.15) is 5.75 Å². The van der Waals surface area contributed by atoms with Crippen molar-refractivity contribution in [2.45, 2.75) is 26.8 Å². The molecule has 1 aliphatic heterocycles. The van der Waals surface area contributed by atoms with Gasteiger partial charge in [-0.2, -0.15) is 0 Å². The van der Waals surface area contributed by atoms with Gasteiger partial charge in [-0.1, -0.05) is 42.5 Å². The van der Waals surface area contributed by atoms with Gasteiger partial charge in [0.15, 0.2) is 5.11 Å². The molecule has 29 heavy (non-hydrogen) atoms. The molecule has 1 atom stereocenters. The van der Waals surface area contributed by atoms with Gasteiger partial charge in [0.05, 0.1) is 24.4 Å². The van der Waals surface area contributed by atoms with Crippen molar-refractivity contribution >= 4 is 28.9 Å². The van der Waals surface area contributed by atoms with Gasteiger partial charge in [-0.25, -0.2) is 0 Å². The molecule has 152 valence electrons. The Hall–Kier alpha value is -2.86. The number of rotatable bonds is 6. The Morgan fingerprint density at radius 2 is 1.72 bits per heavy atom. The number of amides is 1. The summed E-state index contributed by atoms with van der Waals surface area (Å²) in [6.45, 7) is 7.23. The second kappa shape index (κ2) is 9.09. The molecular formula is C23H27N3O2S. The highest BCUT2D eigenvalue weighted by Gasteiger charge is 2.36. The van der Waals surface area contributed by atoms with Crippen LogP contribution in [0.15, 0.2) is 65.9 Å². The van der Waals surface area contributed by atoms with Crippen LogP contribution < -0.4 is 15.0 Å². The predicted molar refractivity (Wildman–Crippen MR) is 121 cm³/mol. The molecule has 1 amide bonds. The molecule has 2 aromatic carbocycles. The van der Waals surface area contributed by atoms with Gasteiger partial charge in [0, 0.05) is 18.8 Å². The number of thiocarbonyl (C=S) groups is 1. The summed E-state index contributed by atoms with van der Waals surface area (Å²) >= 11 is 5.73. The zero-order chi connectivity index (χ0) is 21.0. The molecule has 3 rings (SSSR count). The average Bonchev–Trinajstić information content (AvgIpc) is 2.75.